The molecule has 0 spiro atoms. The Labute approximate surface area is 171 Å². The van der Waals surface area contributed by atoms with Crippen molar-refractivity contribution in [3.8, 4) is 11.1 Å². The lowest BCUT2D eigenvalue weighted by Crippen LogP contribution is -2.40. The second-order valence-electron chi connectivity index (χ2n) is 7.59. The molecule has 0 aromatic heterocycles. The number of hydrogen-bond donors (Lipinski definition) is 1. The number of benzene rings is 2. The summed E-state index contributed by atoms with van der Waals surface area (Å²) in [5.41, 5.74) is 4.30. The number of rotatable bonds is 5. The predicted molar refractivity (Wildman–Crippen MR) is 109 cm³/mol. The predicted octanol–water partition coefficient (Wildman–Crippen LogP) is 2.04. The highest BCUT2D eigenvalue weighted by Gasteiger charge is 2.27. The van der Waals surface area contributed by atoms with Gasteiger partial charge in [-0.1, -0.05) is 30.3 Å². The molecule has 1 fully saturated rings. The lowest BCUT2D eigenvalue weighted by atomic mass is 9.81. The van der Waals surface area contributed by atoms with E-state index in [0.717, 1.165) is 29.5 Å². The van der Waals surface area contributed by atoms with Gasteiger partial charge in [0.25, 0.3) is 0 Å². The number of aliphatic hydroxyl groups excluding tert-OH is 1. The van der Waals surface area contributed by atoms with Gasteiger partial charge in [-0.2, -0.15) is 4.31 Å². The molecule has 1 aliphatic heterocycles. The second-order valence-corrected chi connectivity index (χ2v) is 9.53. The van der Waals surface area contributed by atoms with Gasteiger partial charge in [-0.15, -0.1) is 0 Å². The minimum atomic E-state index is -3.50. The maximum atomic E-state index is 12.8. The number of nitrogens with zero attached hydrogens (tertiary/aromatic N) is 1. The number of aryl methyl sites for hydroxylation is 1. The molecule has 154 valence electrons. The number of ether oxygens (including phenoxy) is 1. The molecule has 2 aliphatic rings. The van der Waals surface area contributed by atoms with Gasteiger partial charge in [0.1, 0.15) is 6.61 Å². The summed E-state index contributed by atoms with van der Waals surface area (Å²) in [5.74, 6) is -0.220. The maximum Gasteiger partial charge on any atom is 0.243 e. The Bertz CT molecular complexity index is 994. The zero-order valence-corrected chi connectivity index (χ0v) is 17.0. The first-order chi connectivity index (χ1) is 14.0. The van der Waals surface area contributed by atoms with E-state index in [1.165, 1.54) is 9.87 Å². The van der Waals surface area contributed by atoms with Gasteiger partial charge < -0.3 is 9.84 Å². The largest absolute Gasteiger partial charge is 0.389 e. The molecule has 29 heavy (non-hydrogen) atoms. The van der Waals surface area contributed by atoms with Gasteiger partial charge in [0.2, 0.25) is 10.0 Å². The van der Waals surface area contributed by atoms with Crippen molar-refractivity contribution in [2.75, 3.05) is 32.9 Å². The fourth-order valence-electron chi connectivity index (χ4n) is 4.10. The highest BCUT2D eigenvalue weighted by atomic mass is 32.2. The number of hydrogen-bond acceptors (Lipinski definition) is 5. The van der Waals surface area contributed by atoms with Crippen LogP contribution in [0.4, 0.5) is 0 Å². The van der Waals surface area contributed by atoms with Crippen molar-refractivity contribution in [1.82, 2.24) is 4.31 Å². The minimum absolute atomic E-state index is 0.0984. The van der Waals surface area contributed by atoms with Crippen LogP contribution in [0.15, 0.2) is 47.4 Å². The zero-order chi connectivity index (χ0) is 20.4. The summed E-state index contributed by atoms with van der Waals surface area (Å²) >= 11 is 0. The first kappa shape index (κ1) is 20.2. The Morgan fingerprint density at radius 1 is 1.03 bits per heavy atom. The van der Waals surface area contributed by atoms with Crippen LogP contribution in [0.2, 0.25) is 0 Å². The fourth-order valence-corrected chi connectivity index (χ4v) is 5.50. The number of fused-ring (bicyclic) bond motifs is 1. The number of aliphatic hydroxyl groups is 1. The topological polar surface area (TPSA) is 83.9 Å². The van der Waals surface area contributed by atoms with Gasteiger partial charge in [-0.3, -0.25) is 4.79 Å². The highest BCUT2D eigenvalue weighted by Crippen LogP contribution is 2.31. The van der Waals surface area contributed by atoms with E-state index in [-0.39, 0.29) is 16.6 Å². The van der Waals surface area contributed by atoms with Crippen molar-refractivity contribution in [3.63, 3.8) is 0 Å². The molecule has 2 aromatic rings. The van der Waals surface area contributed by atoms with Crippen molar-refractivity contribution >= 4 is 15.8 Å². The lowest BCUT2D eigenvalue weighted by molar-refractivity contribution is -0.125. The summed E-state index contributed by atoms with van der Waals surface area (Å²) in [6, 6.07) is 13.2. The Kier molecular flexibility index (Phi) is 5.83. The maximum absolute atomic E-state index is 12.8. The van der Waals surface area contributed by atoms with E-state index < -0.39 is 16.6 Å². The third kappa shape index (κ3) is 4.14. The van der Waals surface area contributed by atoms with Crippen LogP contribution in [0.3, 0.4) is 0 Å². The van der Waals surface area contributed by atoms with Crippen molar-refractivity contribution in [3.05, 3.63) is 53.6 Å². The molecular formula is C22H25NO5S. The summed E-state index contributed by atoms with van der Waals surface area (Å²) in [4.78, 5) is 12.2. The van der Waals surface area contributed by atoms with Crippen LogP contribution in [-0.4, -0.2) is 56.5 Å². The van der Waals surface area contributed by atoms with Crippen molar-refractivity contribution < 1.29 is 23.1 Å². The van der Waals surface area contributed by atoms with E-state index in [1.54, 1.807) is 12.1 Å². The molecule has 1 N–H and O–H groups in total. The number of ketones is 1. The molecule has 1 atom stereocenters. The monoisotopic (exact) mass is 415 g/mol. The van der Waals surface area contributed by atoms with Crippen LogP contribution >= 0.6 is 0 Å². The Morgan fingerprint density at radius 3 is 2.41 bits per heavy atom. The fraction of sp³-hybridized carbons (Fsp3) is 0.409. The van der Waals surface area contributed by atoms with Crippen molar-refractivity contribution in [1.29, 1.82) is 0 Å². The van der Waals surface area contributed by atoms with Gasteiger partial charge in [0.05, 0.1) is 18.1 Å². The van der Waals surface area contributed by atoms with Crippen LogP contribution in [0.25, 0.3) is 11.1 Å². The first-order valence-corrected chi connectivity index (χ1v) is 11.4. The standard InChI is InChI=1S/C22H25NO5S/c24-15-22(25)19-4-2-17-1-3-18(13-20(17)14-19)16-5-7-21(8-6-16)29(26,27)23-9-11-28-12-10-23/h1,3,5-8,13,19,24H,2,4,9-12,14-15H2. The van der Waals surface area contributed by atoms with E-state index in [2.05, 4.69) is 12.1 Å². The molecule has 1 aliphatic carbocycles. The van der Waals surface area contributed by atoms with Gasteiger partial charge >= 0.3 is 0 Å². The third-order valence-corrected chi connectivity index (χ3v) is 7.75. The molecule has 7 heteroatoms. The van der Waals surface area contributed by atoms with E-state index in [4.69, 9.17) is 9.84 Å². The number of Topliss-reactive ketones (excluding diaryl/α,β-unsaturated/α-hetero) is 1. The molecule has 0 saturated carbocycles. The van der Waals surface area contributed by atoms with Crippen LogP contribution in [-0.2, 0) is 32.4 Å². The van der Waals surface area contributed by atoms with E-state index in [0.29, 0.717) is 32.7 Å². The summed E-state index contributed by atoms with van der Waals surface area (Å²) in [7, 11) is -3.50. The molecule has 1 unspecified atom stereocenters. The molecule has 0 amide bonds. The molecule has 1 saturated heterocycles. The summed E-state index contributed by atoms with van der Waals surface area (Å²) in [5, 5.41) is 9.14. The summed E-state index contributed by atoms with van der Waals surface area (Å²) in [6.07, 6.45) is 2.26. The van der Waals surface area contributed by atoms with Gasteiger partial charge in [-0.25, -0.2) is 8.42 Å². The van der Waals surface area contributed by atoms with Crippen molar-refractivity contribution in [2.24, 2.45) is 5.92 Å². The summed E-state index contributed by atoms with van der Waals surface area (Å²) in [6.45, 7) is 1.20. The highest BCUT2D eigenvalue weighted by molar-refractivity contribution is 7.89. The number of morpholine rings is 1. The van der Waals surface area contributed by atoms with Crippen LogP contribution < -0.4 is 0 Å². The Hall–Kier alpha value is -2.06. The van der Waals surface area contributed by atoms with Crippen LogP contribution in [0.1, 0.15) is 17.5 Å². The molecule has 1 heterocycles. The van der Waals surface area contributed by atoms with E-state index in [1.807, 2.05) is 18.2 Å². The van der Waals surface area contributed by atoms with E-state index in [9.17, 15) is 13.2 Å². The Morgan fingerprint density at radius 2 is 1.72 bits per heavy atom. The first-order valence-electron chi connectivity index (χ1n) is 9.93. The third-order valence-electron chi connectivity index (χ3n) is 5.84. The molecular weight excluding hydrogens is 390 g/mol. The zero-order valence-electron chi connectivity index (χ0n) is 16.2. The van der Waals surface area contributed by atoms with Crippen molar-refractivity contribution in [2.45, 2.75) is 24.2 Å². The Balaban J connectivity index is 1.56. The molecule has 6 nitrogen and oxygen atoms in total. The van der Waals surface area contributed by atoms with Gasteiger partial charge in [0.15, 0.2) is 5.78 Å². The molecule has 2 aromatic carbocycles. The SMILES string of the molecule is O=C(CO)C1CCc2ccc(-c3ccc(S(=O)(=O)N4CCOCC4)cc3)cc2C1. The molecule has 4 rings (SSSR count). The number of sulfonamides is 1. The van der Waals surface area contributed by atoms with E-state index >= 15 is 0 Å². The number of carbonyl (C=O) groups excluding carboxylic acids is 1. The minimum Gasteiger partial charge on any atom is -0.389 e. The van der Waals surface area contributed by atoms with Crippen LogP contribution in [0, 0.1) is 5.92 Å². The summed E-state index contributed by atoms with van der Waals surface area (Å²) < 4.78 is 32.2. The quantitative estimate of drug-likeness (QED) is 0.808. The molecule has 0 radical (unpaired) electrons. The average molecular weight is 416 g/mol. The normalized spacial score (nSPS) is 20.2. The van der Waals surface area contributed by atoms with Crippen LogP contribution in [0.5, 0.6) is 0 Å². The smallest absolute Gasteiger partial charge is 0.243 e. The van der Waals surface area contributed by atoms with Gasteiger partial charge in [0, 0.05) is 19.0 Å². The molecule has 0 bridgehead atoms. The lowest BCUT2D eigenvalue weighted by Gasteiger charge is -2.26. The number of carbonyl (C=O) groups is 1. The van der Waals surface area contributed by atoms with Gasteiger partial charge in [-0.05, 0) is 53.6 Å². The average Bonchev–Trinajstić information content (AvgIpc) is 2.78. The second kappa shape index (κ2) is 8.36.